The van der Waals surface area contributed by atoms with Crippen LogP contribution in [0, 0.1) is 0 Å². The average Bonchev–Trinajstić information content (AvgIpc) is 2.30. The fraction of sp³-hybridized carbons (Fsp3) is 0.462. The van der Waals surface area contributed by atoms with E-state index in [9.17, 15) is 4.79 Å². The highest BCUT2D eigenvalue weighted by Crippen LogP contribution is 2.35. The van der Waals surface area contributed by atoms with Crippen LogP contribution < -0.4 is 5.73 Å². The Morgan fingerprint density at radius 1 is 1.44 bits per heavy atom. The molecular formula is C13H17Cl2NO2. The summed E-state index contributed by atoms with van der Waals surface area (Å²) < 4.78 is 0. The van der Waals surface area contributed by atoms with Gasteiger partial charge in [0.1, 0.15) is 0 Å². The van der Waals surface area contributed by atoms with E-state index >= 15 is 0 Å². The fourth-order valence-electron chi connectivity index (χ4n) is 2.06. The second kappa shape index (κ2) is 5.91. The molecule has 0 aromatic heterocycles. The van der Waals surface area contributed by atoms with E-state index in [1.54, 1.807) is 18.2 Å². The minimum atomic E-state index is -0.882. The number of nitrogens with two attached hydrogens (primary N) is 1. The second-order valence-electron chi connectivity index (χ2n) is 4.63. The Balaban J connectivity index is 3.24. The summed E-state index contributed by atoms with van der Waals surface area (Å²) in [7, 11) is 0. The molecule has 5 heteroatoms. The minimum Gasteiger partial charge on any atom is -0.481 e. The van der Waals surface area contributed by atoms with Crippen molar-refractivity contribution in [3.05, 3.63) is 33.8 Å². The van der Waals surface area contributed by atoms with Crippen molar-refractivity contribution in [2.75, 3.05) is 0 Å². The van der Waals surface area contributed by atoms with Crippen molar-refractivity contribution in [2.45, 2.75) is 38.1 Å². The molecule has 0 spiro atoms. The third kappa shape index (κ3) is 3.16. The molecule has 2 unspecified atom stereocenters. The zero-order valence-electron chi connectivity index (χ0n) is 10.4. The molecule has 0 saturated heterocycles. The Labute approximate surface area is 117 Å². The van der Waals surface area contributed by atoms with Gasteiger partial charge in [0.05, 0.1) is 16.5 Å². The van der Waals surface area contributed by atoms with E-state index in [1.165, 1.54) is 0 Å². The Kier molecular flexibility index (Phi) is 5.02. The molecule has 18 heavy (non-hydrogen) atoms. The summed E-state index contributed by atoms with van der Waals surface area (Å²) in [6.07, 6.45) is 0.643. The zero-order valence-corrected chi connectivity index (χ0v) is 11.9. The molecule has 3 N–H and O–H groups in total. The maximum Gasteiger partial charge on any atom is 0.304 e. The normalized spacial score (nSPS) is 16.1. The minimum absolute atomic E-state index is 0.0417. The van der Waals surface area contributed by atoms with Gasteiger partial charge in [-0.05, 0) is 24.1 Å². The number of halogens is 2. The Morgan fingerprint density at radius 2 is 2.06 bits per heavy atom. The molecule has 0 aliphatic rings. The fourth-order valence-corrected chi connectivity index (χ4v) is 2.36. The van der Waals surface area contributed by atoms with Crippen molar-refractivity contribution >= 4 is 29.2 Å². The van der Waals surface area contributed by atoms with Crippen molar-refractivity contribution in [1.29, 1.82) is 0 Å². The maximum atomic E-state index is 11.0. The summed E-state index contributed by atoms with van der Waals surface area (Å²) in [4.78, 5) is 11.0. The summed E-state index contributed by atoms with van der Waals surface area (Å²) >= 11 is 11.9. The Morgan fingerprint density at radius 3 is 2.50 bits per heavy atom. The van der Waals surface area contributed by atoms with Gasteiger partial charge in [-0.1, -0.05) is 43.1 Å². The molecule has 100 valence electrons. The summed E-state index contributed by atoms with van der Waals surface area (Å²) in [5.41, 5.74) is 6.22. The molecule has 0 amide bonds. The van der Waals surface area contributed by atoms with E-state index in [1.807, 2.05) is 13.8 Å². The van der Waals surface area contributed by atoms with Crippen LogP contribution in [0.4, 0.5) is 0 Å². The van der Waals surface area contributed by atoms with Crippen molar-refractivity contribution < 1.29 is 9.90 Å². The van der Waals surface area contributed by atoms with Crippen molar-refractivity contribution in [2.24, 2.45) is 5.73 Å². The number of hydrogen-bond acceptors (Lipinski definition) is 2. The molecule has 0 aliphatic heterocycles. The van der Waals surface area contributed by atoms with Gasteiger partial charge in [-0.15, -0.1) is 0 Å². The molecule has 0 saturated carbocycles. The first-order valence-corrected chi connectivity index (χ1v) is 6.49. The average molecular weight is 290 g/mol. The monoisotopic (exact) mass is 289 g/mol. The van der Waals surface area contributed by atoms with Crippen LogP contribution in [0.5, 0.6) is 0 Å². The Bertz CT molecular complexity index is 451. The molecule has 0 fully saturated rings. The lowest BCUT2D eigenvalue weighted by Crippen LogP contribution is -2.44. The SMILES string of the molecule is CCC(N)C(C)(CC(=O)O)c1ccc(Cl)c(Cl)c1. The maximum absolute atomic E-state index is 11.0. The predicted molar refractivity (Wildman–Crippen MR) is 74.3 cm³/mol. The third-order valence-corrected chi connectivity index (χ3v) is 4.09. The molecule has 2 atom stereocenters. The molecule has 0 heterocycles. The molecule has 1 aromatic carbocycles. The van der Waals surface area contributed by atoms with Crippen LogP contribution in [0.1, 0.15) is 32.3 Å². The van der Waals surface area contributed by atoms with Gasteiger partial charge in [0, 0.05) is 11.5 Å². The quantitative estimate of drug-likeness (QED) is 0.872. The van der Waals surface area contributed by atoms with Crippen LogP contribution in [0.3, 0.4) is 0 Å². The summed E-state index contributed by atoms with van der Waals surface area (Å²) in [6, 6.07) is 4.89. The lowest BCUT2D eigenvalue weighted by molar-refractivity contribution is -0.138. The molecular weight excluding hydrogens is 273 g/mol. The van der Waals surface area contributed by atoms with Gasteiger partial charge in [0.25, 0.3) is 0 Å². The number of carboxylic acids is 1. The highest BCUT2D eigenvalue weighted by Gasteiger charge is 2.35. The predicted octanol–water partition coefficient (Wildman–Crippen LogP) is 3.46. The van der Waals surface area contributed by atoms with Gasteiger partial charge in [0.15, 0.2) is 0 Å². The largest absolute Gasteiger partial charge is 0.481 e. The number of aliphatic carboxylic acids is 1. The van der Waals surface area contributed by atoms with E-state index in [0.717, 1.165) is 5.56 Å². The van der Waals surface area contributed by atoms with Gasteiger partial charge in [-0.25, -0.2) is 0 Å². The summed E-state index contributed by atoms with van der Waals surface area (Å²) in [5, 5.41) is 9.92. The van der Waals surface area contributed by atoms with Crippen molar-refractivity contribution in [1.82, 2.24) is 0 Å². The molecule has 1 rings (SSSR count). The van der Waals surface area contributed by atoms with Crippen molar-refractivity contribution in [3.63, 3.8) is 0 Å². The molecule has 1 aromatic rings. The standard InChI is InChI=1S/C13H17Cl2NO2/c1-3-11(16)13(2,7-12(17)18)8-4-5-9(14)10(15)6-8/h4-6,11H,3,7,16H2,1-2H3,(H,17,18). The van der Waals surface area contributed by atoms with Gasteiger partial charge in [-0.3, -0.25) is 4.79 Å². The Hall–Kier alpha value is -0.770. The third-order valence-electron chi connectivity index (χ3n) is 3.36. The van der Waals surface area contributed by atoms with Crippen LogP contribution in [0.2, 0.25) is 10.0 Å². The van der Waals surface area contributed by atoms with E-state index in [-0.39, 0.29) is 12.5 Å². The van der Waals surface area contributed by atoms with Crippen LogP contribution in [0.25, 0.3) is 0 Å². The van der Waals surface area contributed by atoms with Gasteiger partial charge in [0.2, 0.25) is 0 Å². The van der Waals surface area contributed by atoms with Crippen LogP contribution in [-0.4, -0.2) is 17.1 Å². The molecule has 0 bridgehead atoms. The van der Waals surface area contributed by atoms with E-state index in [4.69, 9.17) is 34.0 Å². The summed E-state index contributed by atoms with van der Waals surface area (Å²) in [6.45, 7) is 3.77. The van der Waals surface area contributed by atoms with Crippen LogP contribution in [0.15, 0.2) is 18.2 Å². The first kappa shape index (κ1) is 15.3. The van der Waals surface area contributed by atoms with E-state index in [0.29, 0.717) is 16.5 Å². The number of rotatable bonds is 5. The number of hydrogen-bond donors (Lipinski definition) is 2. The van der Waals surface area contributed by atoms with Crippen molar-refractivity contribution in [3.8, 4) is 0 Å². The highest BCUT2D eigenvalue weighted by molar-refractivity contribution is 6.42. The number of carbonyl (C=O) groups is 1. The smallest absolute Gasteiger partial charge is 0.304 e. The zero-order chi connectivity index (χ0) is 13.9. The van der Waals surface area contributed by atoms with Gasteiger partial charge >= 0.3 is 5.97 Å². The van der Waals surface area contributed by atoms with E-state index < -0.39 is 11.4 Å². The molecule has 3 nitrogen and oxygen atoms in total. The lowest BCUT2D eigenvalue weighted by atomic mass is 9.73. The lowest BCUT2D eigenvalue weighted by Gasteiger charge is -2.34. The number of benzene rings is 1. The highest BCUT2D eigenvalue weighted by atomic mass is 35.5. The van der Waals surface area contributed by atoms with Crippen LogP contribution in [-0.2, 0) is 10.2 Å². The second-order valence-corrected chi connectivity index (χ2v) is 5.45. The van der Waals surface area contributed by atoms with E-state index in [2.05, 4.69) is 0 Å². The molecule has 0 aliphatic carbocycles. The van der Waals surface area contributed by atoms with Crippen LogP contribution >= 0.6 is 23.2 Å². The molecule has 0 radical (unpaired) electrons. The van der Waals surface area contributed by atoms with Gasteiger partial charge < -0.3 is 10.8 Å². The van der Waals surface area contributed by atoms with Gasteiger partial charge in [-0.2, -0.15) is 0 Å². The topological polar surface area (TPSA) is 63.3 Å². The first-order chi connectivity index (χ1) is 8.31. The summed E-state index contributed by atoms with van der Waals surface area (Å²) in [5.74, 6) is -0.882. The number of carboxylic acid groups (broad SMARTS) is 1. The first-order valence-electron chi connectivity index (χ1n) is 5.74.